The molecule has 0 spiro atoms. The number of aryl methyl sites for hydroxylation is 1. The van der Waals surface area contributed by atoms with Gasteiger partial charge in [0.1, 0.15) is 12.6 Å². The van der Waals surface area contributed by atoms with Crippen molar-refractivity contribution >= 4 is 11.9 Å². The molecule has 2 atom stereocenters. The van der Waals surface area contributed by atoms with Gasteiger partial charge in [0.25, 0.3) is 0 Å². The highest BCUT2D eigenvalue weighted by Crippen LogP contribution is 2.27. The van der Waals surface area contributed by atoms with Gasteiger partial charge in [-0.25, -0.2) is 4.79 Å². The maximum atomic E-state index is 12.7. The van der Waals surface area contributed by atoms with Crippen molar-refractivity contribution in [1.29, 1.82) is 0 Å². The van der Waals surface area contributed by atoms with Gasteiger partial charge >= 0.3 is 12.1 Å². The van der Waals surface area contributed by atoms with Crippen molar-refractivity contribution in [3.05, 3.63) is 17.0 Å². The molecule has 2 N–H and O–H groups in total. The van der Waals surface area contributed by atoms with Gasteiger partial charge < -0.3 is 10.4 Å². The van der Waals surface area contributed by atoms with E-state index in [4.69, 9.17) is 0 Å². The smallest absolute Gasteiger partial charge is 0.408 e. The van der Waals surface area contributed by atoms with E-state index >= 15 is 0 Å². The first-order chi connectivity index (χ1) is 12.1. The summed E-state index contributed by atoms with van der Waals surface area (Å²) in [4.78, 5) is 24.0. The van der Waals surface area contributed by atoms with Crippen molar-refractivity contribution < 1.29 is 27.9 Å². The molecule has 0 saturated heterocycles. The van der Waals surface area contributed by atoms with Crippen molar-refractivity contribution in [3.8, 4) is 0 Å². The fourth-order valence-corrected chi connectivity index (χ4v) is 2.92. The lowest BCUT2D eigenvalue weighted by Gasteiger charge is -2.23. The number of aliphatic carboxylic acids is 1. The number of halogens is 3. The number of nitrogens with one attached hydrogen (secondary N) is 1. The SMILES string of the molecule is Cc1nn(CC(F)(F)F)c(C)c1C(C)C(=O)NC(CCC(C)(C)C)C(=O)O. The van der Waals surface area contributed by atoms with Crippen LogP contribution in [0.3, 0.4) is 0 Å². The molecule has 1 aromatic heterocycles. The van der Waals surface area contributed by atoms with Crippen LogP contribution in [-0.4, -0.2) is 39.0 Å². The Bertz CT molecular complexity index is 690. The summed E-state index contributed by atoms with van der Waals surface area (Å²) in [5.41, 5.74) is 0.863. The van der Waals surface area contributed by atoms with Gasteiger partial charge in [-0.3, -0.25) is 9.48 Å². The minimum atomic E-state index is -4.42. The van der Waals surface area contributed by atoms with Gasteiger partial charge in [-0.1, -0.05) is 20.8 Å². The number of carbonyl (C=O) groups is 2. The molecule has 0 aromatic carbocycles. The molecule has 27 heavy (non-hydrogen) atoms. The van der Waals surface area contributed by atoms with Crippen LogP contribution in [0.4, 0.5) is 13.2 Å². The van der Waals surface area contributed by atoms with Crippen LogP contribution in [0, 0.1) is 19.3 Å². The monoisotopic (exact) mass is 391 g/mol. The number of nitrogens with zero attached hydrogens (tertiary/aromatic N) is 2. The van der Waals surface area contributed by atoms with E-state index in [0.29, 0.717) is 17.7 Å². The maximum absolute atomic E-state index is 12.7. The highest BCUT2D eigenvalue weighted by molar-refractivity contribution is 5.88. The highest BCUT2D eigenvalue weighted by atomic mass is 19.4. The van der Waals surface area contributed by atoms with Crippen molar-refractivity contribution in [1.82, 2.24) is 15.1 Å². The molecule has 0 radical (unpaired) electrons. The van der Waals surface area contributed by atoms with E-state index in [0.717, 1.165) is 4.68 Å². The topological polar surface area (TPSA) is 84.2 Å². The lowest BCUT2D eigenvalue weighted by molar-refractivity contribution is -0.143. The van der Waals surface area contributed by atoms with E-state index in [1.54, 1.807) is 0 Å². The fraction of sp³-hybridized carbons (Fsp3) is 0.722. The molecule has 9 heteroatoms. The zero-order valence-electron chi connectivity index (χ0n) is 16.6. The van der Waals surface area contributed by atoms with E-state index < -0.39 is 36.6 Å². The molecule has 0 bridgehead atoms. The van der Waals surface area contributed by atoms with Crippen LogP contribution in [0.5, 0.6) is 0 Å². The molecule has 6 nitrogen and oxygen atoms in total. The summed E-state index contributed by atoms with van der Waals surface area (Å²) >= 11 is 0. The molecule has 1 aromatic rings. The van der Waals surface area contributed by atoms with Crippen LogP contribution in [0.2, 0.25) is 0 Å². The quantitative estimate of drug-likeness (QED) is 0.744. The van der Waals surface area contributed by atoms with Crippen molar-refractivity contribution in [2.24, 2.45) is 5.41 Å². The van der Waals surface area contributed by atoms with Gasteiger partial charge in [-0.05, 0) is 39.0 Å². The fourth-order valence-electron chi connectivity index (χ4n) is 2.92. The Morgan fingerprint density at radius 2 is 1.78 bits per heavy atom. The van der Waals surface area contributed by atoms with Gasteiger partial charge in [0.2, 0.25) is 5.91 Å². The van der Waals surface area contributed by atoms with E-state index in [9.17, 15) is 27.9 Å². The van der Waals surface area contributed by atoms with Crippen LogP contribution in [0.25, 0.3) is 0 Å². The van der Waals surface area contributed by atoms with E-state index in [-0.39, 0.29) is 17.5 Å². The van der Waals surface area contributed by atoms with Gasteiger partial charge in [0.05, 0.1) is 11.6 Å². The molecule has 0 fully saturated rings. The Hall–Kier alpha value is -2.06. The normalized spacial score (nSPS) is 14.7. The second-order valence-electron chi connectivity index (χ2n) is 8.08. The van der Waals surface area contributed by atoms with Crippen molar-refractivity contribution in [3.63, 3.8) is 0 Å². The molecule has 0 saturated carbocycles. The van der Waals surface area contributed by atoms with E-state index in [2.05, 4.69) is 10.4 Å². The first-order valence-electron chi connectivity index (χ1n) is 8.76. The van der Waals surface area contributed by atoms with Gasteiger partial charge in [-0.15, -0.1) is 0 Å². The van der Waals surface area contributed by atoms with Gasteiger partial charge in [0, 0.05) is 11.3 Å². The summed E-state index contributed by atoms with van der Waals surface area (Å²) in [5.74, 6) is -2.50. The Morgan fingerprint density at radius 1 is 1.22 bits per heavy atom. The molecular formula is C18H28F3N3O3. The first kappa shape index (κ1) is 23.0. The first-order valence-corrected chi connectivity index (χ1v) is 8.76. The third-order valence-corrected chi connectivity index (χ3v) is 4.39. The third kappa shape index (κ3) is 6.88. The number of carbonyl (C=O) groups excluding carboxylic acids is 1. The average Bonchev–Trinajstić information content (AvgIpc) is 2.73. The highest BCUT2D eigenvalue weighted by Gasteiger charge is 2.32. The van der Waals surface area contributed by atoms with Crippen LogP contribution in [0.1, 0.15) is 63.4 Å². The summed E-state index contributed by atoms with van der Waals surface area (Å²) in [6.45, 7) is 9.21. The standard InChI is InChI=1S/C18H28F3N3O3/c1-10(14-11(2)23-24(12(14)3)9-18(19,20)21)15(25)22-13(16(26)27)7-8-17(4,5)6/h10,13H,7-9H2,1-6H3,(H,22,25)(H,26,27). The average molecular weight is 391 g/mol. The predicted octanol–water partition coefficient (Wildman–Crippen LogP) is 3.56. The molecule has 1 heterocycles. The number of alkyl halides is 3. The van der Waals surface area contributed by atoms with E-state index in [1.807, 2.05) is 20.8 Å². The van der Waals surface area contributed by atoms with Gasteiger partial charge in [0.15, 0.2) is 0 Å². The summed E-state index contributed by atoms with van der Waals surface area (Å²) in [5, 5.41) is 15.7. The second-order valence-corrected chi connectivity index (χ2v) is 8.08. The van der Waals surface area contributed by atoms with Crippen molar-refractivity contribution in [2.75, 3.05) is 0 Å². The van der Waals surface area contributed by atoms with Crippen LogP contribution < -0.4 is 5.32 Å². The number of aromatic nitrogens is 2. The summed E-state index contributed by atoms with van der Waals surface area (Å²) in [7, 11) is 0. The number of carboxylic acid groups (broad SMARTS) is 1. The summed E-state index contributed by atoms with van der Waals surface area (Å²) < 4.78 is 38.8. The molecule has 0 aliphatic heterocycles. The lowest BCUT2D eigenvalue weighted by atomic mass is 9.88. The Kier molecular flexibility index (Phi) is 7.07. The molecule has 1 amide bonds. The minimum Gasteiger partial charge on any atom is -0.480 e. The third-order valence-electron chi connectivity index (χ3n) is 4.39. The summed E-state index contributed by atoms with van der Waals surface area (Å²) in [6, 6.07) is -1.05. The molecule has 0 aliphatic rings. The lowest BCUT2D eigenvalue weighted by Crippen LogP contribution is -2.43. The summed E-state index contributed by atoms with van der Waals surface area (Å²) in [6.07, 6.45) is -3.56. The second kappa shape index (κ2) is 8.31. The minimum absolute atomic E-state index is 0.0873. The number of hydrogen-bond donors (Lipinski definition) is 2. The van der Waals surface area contributed by atoms with Crippen LogP contribution >= 0.6 is 0 Å². The van der Waals surface area contributed by atoms with Crippen LogP contribution in [-0.2, 0) is 16.1 Å². The number of rotatable bonds is 7. The Labute approximate surface area is 157 Å². The largest absolute Gasteiger partial charge is 0.480 e. The molecule has 154 valence electrons. The molecule has 1 rings (SSSR count). The molecular weight excluding hydrogens is 363 g/mol. The molecule has 0 aliphatic carbocycles. The van der Waals surface area contributed by atoms with Crippen LogP contribution in [0.15, 0.2) is 0 Å². The number of hydrogen-bond acceptors (Lipinski definition) is 3. The van der Waals surface area contributed by atoms with E-state index in [1.165, 1.54) is 20.8 Å². The number of amides is 1. The van der Waals surface area contributed by atoms with Crippen molar-refractivity contribution in [2.45, 2.75) is 79.1 Å². The Balaban J connectivity index is 2.96. The number of carboxylic acids is 1. The predicted molar refractivity (Wildman–Crippen MR) is 94.4 cm³/mol. The Morgan fingerprint density at radius 3 is 2.22 bits per heavy atom. The zero-order valence-corrected chi connectivity index (χ0v) is 16.6. The zero-order chi connectivity index (χ0) is 21.2. The molecule has 2 unspecified atom stereocenters. The maximum Gasteiger partial charge on any atom is 0.408 e. The van der Waals surface area contributed by atoms with Gasteiger partial charge in [-0.2, -0.15) is 18.3 Å².